The summed E-state index contributed by atoms with van der Waals surface area (Å²) in [5.41, 5.74) is 0.541. The van der Waals surface area contributed by atoms with E-state index in [4.69, 9.17) is 0 Å². The first kappa shape index (κ1) is 14.0. The second kappa shape index (κ2) is 6.02. The van der Waals surface area contributed by atoms with Crippen LogP contribution in [0.5, 0.6) is 0 Å². The maximum Gasteiger partial charge on any atom is 0.0667 e. The number of likely N-dealkylation sites (N-methyl/N-ethyl adjacent to an activating group) is 1. The van der Waals surface area contributed by atoms with Gasteiger partial charge in [0.25, 0.3) is 0 Å². The van der Waals surface area contributed by atoms with Crippen LogP contribution in [-0.2, 0) is 0 Å². The normalized spacial score (nSPS) is 23.6. The predicted molar refractivity (Wildman–Crippen MR) is 69.6 cm³/mol. The number of rotatable bonds is 5. The standard InChI is InChI=1S/C14H29NO/c1-5-6-13(16)11-15(4)12-7-9-14(2,3)10-8-12/h12-13,16H,5-11H2,1-4H3. The van der Waals surface area contributed by atoms with E-state index >= 15 is 0 Å². The summed E-state index contributed by atoms with van der Waals surface area (Å²) in [5.74, 6) is 0. The van der Waals surface area contributed by atoms with E-state index in [9.17, 15) is 5.11 Å². The molecule has 0 heterocycles. The molecular formula is C14H29NO. The second-order valence-electron chi connectivity index (χ2n) is 6.28. The Hall–Kier alpha value is -0.0800. The zero-order valence-electron chi connectivity index (χ0n) is 11.5. The van der Waals surface area contributed by atoms with Crippen molar-refractivity contribution in [3.8, 4) is 0 Å². The molecule has 2 heteroatoms. The third-order valence-corrected chi connectivity index (χ3v) is 4.05. The first-order valence-electron chi connectivity index (χ1n) is 6.83. The summed E-state index contributed by atoms with van der Waals surface area (Å²) in [6.07, 6.45) is 7.11. The lowest BCUT2D eigenvalue weighted by molar-refractivity contribution is 0.0682. The second-order valence-corrected chi connectivity index (χ2v) is 6.28. The Balaban J connectivity index is 2.30. The molecule has 0 spiro atoms. The molecule has 1 rings (SSSR count). The van der Waals surface area contributed by atoms with Gasteiger partial charge in [0.2, 0.25) is 0 Å². The van der Waals surface area contributed by atoms with E-state index in [1.807, 2.05) is 0 Å². The van der Waals surface area contributed by atoms with Gasteiger partial charge < -0.3 is 10.0 Å². The highest BCUT2D eigenvalue weighted by molar-refractivity contribution is 4.83. The van der Waals surface area contributed by atoms with Crippen LogP contribution in [0.15, 0.2) is 0 Å². The molecule has 96 valence electrons. The van der Waals surface area contributed by atoms with Gasteiger partial charge in [-0.15, -0.1) is 0 Å². The van der Waals surface area contributed by atoms with Gasteiger partial charge in [0.1, 0.15) is 0 Å². The van der Waals surface area contributed by atoms with Crippen molar-refractivity contribution in [1.82, 2.24) is 4.90 Å². The van der Waals surface area contributed by atoms with Crippen molar-refractivity contribution >= 4 is 0 Å². The number of hydrogen-bond donors (Lipinski definition) is 1. The van der Waals surface area contributed by atoms with Gasteiger partial charge in [0, 0.05) is 12.6 Å². The van der Waals surface area contributed by atoms with Crippen LogP contribution in [0, 0.1) is 5.41 Å². The number of aliphatic hydroxyl groups excluding tert-OH is 1. The summed E-state index contributed by atoms with van der Waals surface area (Å²) in [4.78, 5) is 2.37. The zero-order valence-corrected chi connectivity index (χ0v) is 11.5. The molecule has 1 saturated carbocycles. The Bertz CT molecular complexity index is 193. The molecule has 16 heavy (non-hydrogen) atoms. The Kier molecular flexibility index (Phi) is 5.26. The third kappa shape index (κ3) is 4.42. The smallest absolute Gasteiger partial charge is 0.0667 e. The van der Waals surface area contributed by atoms with Crippen molar-refractivity contribution in [2.75, 3.05) is 13.6 Å². The summed E-state index contributed by atoms with van der Waals surface area (Å²) in [6, 6.07) is 0.694. The predicted octanol–water partition coefficient (Wildman–Crippen LogP) is 3.05. The van der Waals surface area contributed by atoms with E-state index in [0.717, 1.165) is 19.4 Å². The fourth-order valence-corrected chi connectivity index (χ4v) is 2.73. The van der Waals surface area contributed by atoms with E-state index < -0.39 is 0 Å². The van der Waals surface area contributed by atoms with Crippen LogP contribution in [0.4, 0.5) is 0 Å². The van der Waals surface area contributed by atoms with E-state index in [0.29, 0.717) is 11.5 Å². The van der Waals surface area contributed by atoms with Crippen LogP contribution in [-0.4, -0.2) is 35.7 Å². The lowest BCUT2D eigenvalue weighted by Crippen LogP contribution is -2.41. The fourth-order valence-electron chi connectivity index (χ4n) is 2.73. The zero-order chi connectivity index (χ0) is 12.2. The Morgan fingerprint density at radius 3 is 2.38 bits per heavy atom. The van der Waals surface area contributed by atoms with Gasteiger partial charge in [-0.25, -0.2) is 0 Å². The highest BCUT2D eigenvalue weighted by atomic mass is 16.3. The Morgan fingerprint density at radius 2 is 1.88 bits per heavy atom. The van der Waals surface area contributed by atoms with E-state index in [1.54, 1.807) is 0 Å². The Morgan fingerprint density at radius 1 is 1.31 bits per heavy atom. The average molecular weight is 227 g/mol. The Labute approximate surface area is 101 Å². The number of aliphatic hydroxyl groups is 1. The molecule has 1 atom stereocenters. The van der Waals surface area contributed by atoms with Crippen molar-refractivity contribution in [2.24, 2.45) is 5.41 Å². The van der Waals surface area contributed by atoms with Gasteiger partial charge in [-0.05, 0) is 44.6 Å². The monoisotopic (exact) mass is 227 g/mol. The van der Waals surface area contributed by atoms with Gasteiger partial charge in [0.05, 0.1) is 6.10 Å². The molecule has 1 aliphatic carbocycles. The summed E-state index contributed by atoms with van der Waals surface area (Å²) in [6.45, 7) is 7.72. The highest BCUT2D eigenvalue weighted by Crippen LogP contribution is 2.36. The summed E-state index contributed by atoms with van der Waals surface area (Å²) in [5, 5.41) is 9.81. The molecule has 0 radical (unpaired) electrons. The van der Waals surface area contributed by atoms with Crippen molar-refractivity contribution in [1.29, 1.82) is 0 Å². The highest BCUT2D eigenvalue weighted by Gasteiger charge is 2.29. The van der Waals surface area contributed by atoms with Crippen LogP contribution in [0.25, 0.3) is 0 Å². The lowest BCUT2D eigenvalue weighted by atomic mass is 9.75. The molecule has 0 aliphatic heterocycles. The quantitative estimate of drug-likeness (QED) is 0.780. The first-order chi connectivity index (χ1) is 7.44. The van der Waals surface area contributed by atoms with Gasteiger partial charge in [-0.2, -0.15) is 0 Å². The van der Waals surface area contributed by atoms with Crippen LogP contribution >= 0.6 is 0 Å². The fraction of sp³-hybridized carbons (Fsp3) is 1.00. The minimum atomic E-state index is -0.134. The van der Waals surface area contributed by atoms with E-state index in [2.05, 4.69) is 32.7 Å². The van der Waals surface area contributed by atoms with Crippen molar-refractivity contribution in [2.45, 2.75) is 71.4 Å². The molecule has 0 saturated heterocycles. The minimum Gasteiger partial charge on any atom is -0.392 e. The van der Waals surface area contributed by atoms with Crippen LogP contribution < -0.4 is 0 Å². The van der Waals surface area contributed by atoms with E-state index in [-0.39, 0.29) is 6.10 Å². The van der Waals surface area contributed by atoms with Gasteiger partial charge in [0.15, 0.2) is 0 Å². The molecule has 0 bridgehead atoms. The molecule has 0 aromatic heterocycles. The molecule has 1 N–H and O–H groups in total. The molecule has 0 aromatic rings. The largest absolute Gasteiger partial charge is 0.392 e. The molecule has 0 aromatic carbocycles. The molecule has 2 nitrogen and oxygen atoms in total. The van der Waals surface area contributed by atoms with Crippen LogP contribution in [0.2, 0.25) is 0 Å². The van der Waals surface area contributed by atoms with Crippen LogP contribution in [0.3, 0.4) is 0 Å². The van der Waals surface area contributed by atoms with E-state index in [1.165, 1.54) is 25.7 Å². The van der Waals surface area contributed by atoms with Crippen molar-refractivity contribution in [3.05, 3.63) is 0 Å². The topological polar surface area (TPSA) is 23.5 Å². The van der Waals surface area contributed by atoms with Crippen molar-refractivity contribution < 1.29 is 5.11 Å². The SMILES string of the molecule is CCCC(O)CN(C)C1CCC(C)(C)CC1. The number of nitrogens with zero attached hydrogens (tertiary/aromatic N) is 1. The average Bonchev–Trinajstić information content (AvgIpc) is 2.17. The summed E-state index contributed by atoms with van der Waals surface area (Å²) < 4.78 is 0. The maximum atomic E-state index is 9.81. The molecule has 1 unspecified atom stereocenters. The van der Waals surface area contributed by atoms with Crippen LogP contribution in [0.1, 0.15) is 59.3 Å². The third-order valence-electron chi connectivity index (χ3n) is 4.05. The minimum absolute atomic E-state index is 0.134. The molecule has 1 fully saturated rings. The lowest BCUT2D eigenvalue weighted by Gasteiger charge is -2.39. The molecule has 1 aliphatic rings. The summed E-state index contributed by atoms with van der Waals surface area (Å²) >= 11 is 0. The van der Waals surface area contributed by atoms with Gasteiger partial charge >= 0.3 is 0 Å². The van der Waals surface area contributed by atoms with Crippen molar-refractivity contribution in [3.63, 3.8) is 0 Å². The maximum absolute atomic E-state index is 9.81. The number of hydrogen-bond acceptors (Lipinski definition) is 2. The molecular weight excluding hydrogens is 198 g/mol. The summed E-state index contributed by atoms with van der Waals surface area (Å²) in [7, 11) is 2.17. The van der Waals surface area contributed by atoms with Gasteiger partial charge in [-0.3, -0.25) is 0 Å². The molecule has 0 amide bonds. The van der Waals surface area contributed by atoms with Gasteiger partial charge in [-0.1, -0.05) is 27.2 Å². The first-order valence-corrected chi connectivity index (χ1v) is 6.83.